The predicted molar refractivity (Wildman–Crippen MR) is 91.8 cm³/mol. The molecular formula is C18H14BrNO3. The fraction of sp³-hybridized carbons (Fsp3) is 0.111. The van der Waals surface area contributed by atoms with Crippen molar-refractivity contribution >= 4 is 33.5 Å². The smallest absolute Gasteiger partial charge is 0.344 e. The number of rotatable bonds is 5. The molecule has 0 aliphatic rings. The number of benzene rings is 2. The molecule has 0 unspecified atom stereocenters. The van der Waals surface area contributed by atoms with Crippen LogP contribution in [-0.2, 0) is 4.79 Å². The minimum Gasteiger partial charge on any atom is -0.479 e. The van der Waals surface area contributed by atoms with Gasteiger partial charge in [0.05, 0.1) is 11.6 Å². The van der Waals surface area contributed by atoms with Crippen LogP contribution in [0.3, 0.4) is 0 Å². The number of ether oxygens (including phenoxy) is 1. The minimum absolute atomic E-state index is 0.470. The van der Waals surface area contributed by atoms with Gasteiger partial charge in [0, 0.05) is 4.47 Å². The molecule has 0 aromatic heterocycles. The Morgan fingerprint density at radius 1 is 1.30 bits per heavy atom. The average molecular weight is 372 g/mol. The van der Waals surface area contributed by atoms with Crippen molar-refractivity contribution in [3.63, 3.8) is 0 Å². The van der Waals surface area contributed by atoms with Gasteiger partial charge in [0.25, 0.3) is 0 Å². The normalized spacial score (nSPS) is 12.3. The van der Waals surface area contributed by atoms with Gasteiger partial charge < -0.3 is 9.84 Å². The van der Waals surface area contributed by atoms with Crippen LogP contribution in [0.15, 0.2) is 53.0 Å². The van der Waals surface area contributed by atoms with E-state index in [0.29, 0.717) is 11.3 Å². The van der Waals surface area contributed by atoms with E-state index >= 15 is 0 Å². The Hall–Kier alpha value is -2.58. The summed E-state index contributed by atoms with van der Waals surface area (Å²) in [5.74, 6) is -0.548. The minimum atomic E-state index is -1.02. The van der Waals surface area contributed by atoms with Crippen LogP contribution < -0.4 is 4.74 Å². The molecule has 0 heterocycles. The maximum Gasteiger partial charge on any atom is 0.344 e. The lowest BCUT2D eigenvalue weighted by molar-refractivity contribution is -0.144. The number of halogens is 1. The molecule has 0 radical (unpaired) electrons. The monoisotopic (exact) mass is 371 g/mol. The third kappa shape index (κ3) is 4.70. The topological polar surface area (TPSA) is 70.3 Å². The Morgan fingerprint density at radius 2 is 2.00 bits per heavy atom. The number of carboxylic acids is 1. The van der Waals surface area contributed by atoms with E-state index < -0.39 is 12.1 Å². The summed E-state index contributed by atoms with van der Waals surface area (Å²) in [6.07, 6.45) is 0.861. The SMILES string of the molecule is C[C@H](Oc1ccc(/C=C(/C#N)c2cccc(Br)c2)cc1)C(=O)O. The molecule has 1 atom stereocenters. The van der Waals surface area contributed by atoms with Gasteiger partial charge in [-0.1, -0.05) is 40.2 Å². The zero-order chi connectivity index (χ0) is 16.8. The van der Waals surface area contributed by atoms with Gasteiger partial charge in [0.1, 0.15) is 5.75 Å². The van der Waals surface area contributed by atoms with E-state index in [1.165, 1.54) is 6.92 Å². The van der Waals surface area contributed by atoms with Crippen molar-refractivity contribution in [1.82, 2.24) is 0 Å². The number of carboxylic acid groups (broad SMARTS) is 1. The lowest BCUT2D eigenvalue weighted by atomic mass is 10.0. The van der Waals surface area contributed by atoms with Crippen molar-refractivity contribution in [1.29, 1.82) is 5.26 Å². The highest BCUT2D eigenvalue weighted by Gasteiger charge is 2.12. The molecule has 0 aliphatic heterocycles. The predicted octanol–water partition coefficient (Wildman–Crippen LogP) is 4.37. The number of aliphatic carboxylic acids is 1. The highest BCUT2D eigenvalue weighted by molar-refractivity contribution is 9.10. The summed E-state index contributed by atoms with van der Waals surface area (Å²) in [6.45, 7) is 1.47. The molecular weight excluding hydrogens is 358 g/mol. The maximum absolute atomic E-state index is 10.8. The number of hydrogen-bond acceptors (Lipinski definition) is 3. The first-order valence-corrected chi connectivity index (χ1v) is 7.66. The van der Waals surface area contributed by atoms with Gasteiger partial charge in [0.2, 0.25) is 0 Å². The summed E-state index contributed by atoms with van der Waals surface area (Å²) in [7, 11) is 0. The molecule has 0 amide bonds. The Morgan fingerprint density at radius 3 is 2.57 bits per heavy atom. The third-order valence-electron chi connectivity index (χ3n) is 3.11. The largest absolute Gasteiger partial charge is 0.479 e. The van der Waals surface area contributed by atoms with Crippen LogP contribution >= 0.6 is 15.9 Å². The van der Waals surface area contributed by atoms with Gasteiger partial charge >= 0.3 is 5.97 Å². The number of hydrogen-bond donors (Lipinski definition) is 1. The zero-order valence-electron chi connectivity index (χ0n) is 12.4. The van der Waals surface area contributed by atoms with Crippen molar-refractivity contribution in [3.05, 3.63) is 64.1 Å². The van der Waals surface area contributed by atoms with E-state index in [-0.39, 0.29) is 0 Å². The summed E-state index contributed by atoms with van der Waals surface area (Å²) in [5, 5.41) is 18.2. The average Bonchev–Trinajstić information content (AvgIpc) is 2.54. The molecule has 0 spiro atoms. The molecule has 116 valence electrons. The van der Waals surface area contributed by atoms with Crippen LogP contribution in [0.1, 0.15) is 18.1 Å². The molecule has 1 N–H and O–H groups in total. The summed E-state index contributed by atoms with van der Waals surface area (Å²) in [6, 6.07) is 16.6. The van der Waals surface area contributed by atoms with Gasteiger partial charge in [0.15, 0.2) is 6.10 Å². The van der Waals surface area contributed by atoms with Crippen molar-refractivity contribution in [2.24, 2.45) is 0 Å². The van der Waals surface area contributed by atoms with Crippen molar-refractivity contribution in [3.8, 4) is 11.8 Å². The molecule has 5 heteroatoms. The van der Waals surface area contributed by atoms with Crippen LogP contribution in [0.2, 0.25) is 0 Å². The highest BCUT2D eigenvalue weighted by Crippen LogP contribution is 2.22. The molecule has 0 fully saturated rings. The van der Waals surface area contributed by atoms with E-state index in [1.54, 1.807) is 30.3 Å². The van der Waals surface area contributed by atoms with E-state index in [1.807, 2.05) is 24.3 Å². The molecule has 23 heavy (non-hydrogen) atoms. The lowest BCUT2D eigenvalue weighted by Crippen LogP contribution is -2.22. The van der Waals surface area contributed by atoms with E-state index in [2.05, 4.69) is 22.0 Å². The second-order valence-electron chi connectivity index (χ2n) is 4.85. The lowest BCUT2D eigenvalue weighted by Gasteiger charge is -2.10. The fourth-order valence-corrected chi connectivity index (χ4v) is 2.30. The van der Waals surface area contributed by atoms with E-state index in [0.717, 1.165) is 15.6 Å². The highest BCUT2D eigenvalue weighted by atomic mass is 79.9. The molecule has 0 bridgehead atoms. The first kappa shape index (κ1) is 16.8. The molecule has 2 rings (SSSR count). The number of nitriles is 1. The molecule has 0 aliphatic carbocycles. The van der Waals surface area contributed by atoms with Gasteiger partial charge in [-0.05, 0) is 48.4 Å². The fourth-order valence-electron chi connectivity index (χ4n) is 1.90. The molecule has 0 saturated heterocycles. The van der Waals surface area contributed by atoms with Gasteiger partial charge in [-0.3, -0.25) is 0 Å². The molecule has 0 saturated carbocycles. The zero-order valence-corrected chi connectivity index (χ0v) is 13.9. The van der Waals surface area contributed by atoms with Gasteiger partial charge in [-0.2, -0.15) is 5.26 Å². The van der Waals surface area contributed by atoms with Crippen molar-refractivity contribution < 1.29 is 14.6 Å². The molecule has 2 aromatic rings. The summed E-state index contributed by atoms with van der Waals surface area (Å²) >= 11 is 3.39. The van der Waals surface area contributed by atoms with Crippen molar-refractivity contribution in [2.75, 3.05) is 0 Å². The second-order valence-corrected chi connectivity index (χ2v) is 5.76. The van der Waals surface area contributed by atoms with E-state index in [9.17, 15) is 10.1 Å². The molecule has 2 aromatic carbocycles. The summed E-state index contributed by atoms with van der Waals surface area (Å²) in [5.41, 5.74) is 2.19. The van der Waals surface area contributed by atoms with Crippen molar-refractivity contribution in [2.45, 2.75) is 13.0 Å². The standard InChI is InChI=1S/C18H14BrNO3/c1-12(18(21)22)23-17-7-5-13(6-8-17)9-15(11-20)14-3-2-4-16(19)10-14/h2-10,12H,1H3,(H,21,22)/b15-9-/t12-/m0/s1. The number of carbonyl (C=O) groups is 1. The first-order valence-electron chi connectivity index (χ1n) is 6.87. The summed E-state index contributed by atoms with van der Waals surface area (Å²) < 4.78 is 6.18. The van der Waals surface area contributed by atoms with Crippen LogP contribution in [0.5, 0.6) is 5.75 Å². The number of nitrogens with zero attached hydrogens (tertiary/aromatic N) is 1. The van der Waals surface area contributed by atoms with Gasteiger partial charge in [-0.15, -0.1) is 0 Å². The van der Waals surface area contributed by atoms with Crippen LogP contribution in [0.25, 0.3) is 11.6 Å². The first-order chi connectivity index (χ1) is 11.0. The van der Waals surface area contributed by atoms with E-state index in [4.69, 9.17) is 9.84 Å². The Balaban J connectivity index is 2.21. The van der Waals surface area contributed by atoms with Gasteiger partial charge in [-0.25, -0.2) is 4.79 Å². The third-order valence-corrected chi connectivity index (χ3v) is 3.60. The van der Waals surface area contributed by atoms with Crippen LogP contribution in [-0.4, -0.2) is 17.2 Å². The van der Waals surface area contributed by atoms with Crippen LogP contribution in [0, 0.1) is 11.3 Å². The number of allylic oxidation sites excluding steroid dienone is 1. The maximum atomic E-state index is 10.8. The van der Waals surface area contributed by atoms with Crippen LogP contribution in [0.4, 0.5) is 0 Å². The second kappa shape index (κ2) is 7.61. The Labute approximate surface area is 142 Å². The molecule has 4 nitrogen and oxygen atoms in total. The Bertz CT molecular complexity index is 776. The summed E-state index contributed by atoms with van der Waals surface area (Å²) in [4.78, 5) is 10.8. The Kier molecular flexibility index (Phi) is 5.56. The quantitative estimate of drug-likeness (QED) is 0.625.